The number of piperidine rings is 1. The Bertz CT molecular complexity index is 661. The van der Waals surface area contributed by atoms with Crippen LogP contribution in [0.4, 0.5) is 11.4 Å². The molecule has 1 aromatic carbocycles. The summed E-state index contributed by atoms with van der Waals surface area (Å²) >= 11 is 0. The molecule has 0 amide bonds. The van der Waals surface area contributed by atoms with Crippen LogP contribution in [-0.2, 0) is 14.3 Å². The third-order valence-electron chi connectivity index (χ3n) is 4.52. The second-order valence-corrected chi connectivity index (χ2v) is 6.13. The molecule has 3 rings (SSSR count). The number of ether oxygens (including phenoxy) is 2. The van der Waals surface area contributed by atoms with Gasteiger partial charge in [0.05, 0.1) is 25.7 Å². The molecule has 0 bridgehead atoms. The Morgan fingerprint density at radius 3 is 2.71 bits per heavy atom. The van der Waals surface area contributed by atoms with Gasteiger partial charge in [-0.2, -0.15) is 0 Å². The van der Waals surface area contributed by atoms with Crippen LogP contribution in [0, 0.1) is 5.92 Å². The first-order valence-electron chi connectivity index (χ1n) is 8.46. The number of hydrogen-bond acceptors (Lipinski definition) is 8. The normalized spacial score (nSPS) is 22.5. The summed E-state index contributed by atoms with van der Waals surface area (Å²) in [7, 11) is 0. The third kappa shape index (κ3) is 3.29. The van der Waals surface area contributed by atoms with E-state index < -0.39 is 10.9 Å². The number of nitrogens with one attached hydrogen (secondary N) is 1. The molecule has 2 saturated heterocycles. The van der Waals surface area contributed by atoms with E-state index in [1.54, 1.807) is 6.92 Å². The van der Waals surface area contributed by atoms with Crippen LogP contribution in [0.5, 0.6) is 0 Å². The van der Waals surface area contributed by atoms with E-state index in [2.05, 4.69) is 5.43 Å². The van der Waals surface area contributed by atoms with E-state index in [1.165, 1.54) is 0 Å². The van der Waals surface area contributed by atoms with Gasteiger partial charge in [-0.05, 0) is 19.8 Å². The zero-order chi connectivity index (χ0) is 17.1. The van der Waals surface area contributed by atoms with Gasteiger partial charge in [-0.3, -0.25) is 14.4 Å². The molecule has 1 aromatic rings. The minimum absolute atomic E-state index is 0.233. The fraction of sp³-hybridized carbons (Fsp3) is 0.688. The molecule has 0 spiro atoms. The van der Waals surface area contributed by atoms with Gasteiger partial charge in [0.15, 0.2) is 0 Å². The van der Waals surface area contributed by atoms with Crippen molar-refractivity contribution in [2.24, 2.45) is 5.92 Å². The van der Waals surface area contributed by atoms with E-state index in [1.807, 2.05) is 9.91 Å². The topological polar surface area (TPSA) is 88.2 Å². The molecule has 2 aliphatic heterocycles. The number of hydrazine groups is 1. The molecule has 2 heterocycles. The van der Waals surface area contributed by atoms with Crippen molar-refractivity contribution in [3.63, 3.8) is 0 Å². The summed E-state index contributed by atoms with van der Waals surface area (Å²) in [5.74, 6) is -0.483. The number of carbonyl (C=O) groups excluding carboxylic acids is 1. The fourth-order valence-corrected chi connectivity index (χ4v) is 3.25. The van der Waals surface area contributed by atoms with Crippen LogP contribution in [0.15, 0.2) is 9.59 Å². The second kappa shape index (κ2) is 7.31. The maximum absolute atomic E-state index is 12.1. The molecule has 2 fully saturated rings. The molecular formula is C16H23N3O5. The Morgan fingerprint density at radius 2 is 2.00 bits per heavy atom. The van der Waals surface area contributed by atoms with Crippen molar-refractivity contribution in [3.05, 3.63) is 20.4 Å². The molecule has 2 aliphatic rings. The maximum Gasteiger partial charge on any atom is 0.310 e. The molecule has 1 atom stereocenters. The van der Waals surface area contributed by atoms with Gasteiger partial charge in [-0.15, -0.1) is 0 Å². The number of hydrogen-bond donors (Lipinski definition) is 1. The fourth-order valence-electron chi connectivity index (χ4n) is 3.25. The van der Waals surface area contributed by atoms with Gasteiger partial charge in [0.2, 0.25) is 0 Å². The SMILES string of the molecule is CCOC(=O)C1CCCN(c2c(NN3CCOCC3)c(=O)c2=O)C1. The maximum atomic E-state index is 12.1. The van der Waals surface area contributed by atoms with Crippen molar-refractivity contribution in [1.29, 1.82) is 0 Å². The predicted molar refractivity (Wildman–Crippen MR) is 88.9 cm³/mol. The van der Waals surface area contributed by atoms with Gasteiger partial charge < -0.3 is 19.8 Å². The van der Waals surface area contributed by atoms with Crippen LogP contribution in [0.3, 0.4) is 0 Å². The summed E-state index contributed by atoms with van der Waals surface area (Å²) in [6.45, 7) is 5.70. The number of anilines is 2. The van der Waals surface area contributed by atoms with Crippen molar-refractivity contribution in [3.8, 4) is 0 Å². The summed E-state index contributed by atoms with van der Waals surface area (Å²) in [6, 6.07) is 0. The highest BCUT2D eigenvalue weighted by molar-refractivity contribution is 5.77. The quantitative estimate of drug-likeness (QED) is 0.580. The average molecular weight is 337 g/mol. The first kappa shape index (κ1) is 16.9. The van der Waals surface area contributed by atoms with Crippen molar-refractivity contribution in [1.82, 2.24) is 5.01 Å². The highest BCUT2D eigenvalue weighted by atomic mass is 16.5. The molecule has 0 aliphatic carbocycles. The van der Waals surface area contributed by atoms with Gasteiger partial charge in [0.1, 0.15) is 11.4 Å². The minimum Gasteiger partial charge on any atom is -0.466 e. The lowest BCUT2D eigenvalue weighted by molar-refractivity contribution is -0.148. The van der Waals surface area contributed by atoms with Gasteiger partial charge in [0, 0.05) is 26.2 Å². The zero-order valence-corrected chi connectivity index (χ0v) is 13.9. The van der Waals surface area contributed by atoms with Crippen molar-refractivity contribution >= 4 is 17.3 Å². The summed E-state index contributed by atoms with van der Waals surface area (Å²) in [4.78, 5) is 37.8. The summed E-state index contributed by atoms with van der Waals surface area (Å²) < 4.78 is 10.4. The van der Waals surface area contributed by atoms with Gasteiger partial charge in [-0.1, -0.05) is 0 Å². The van der Waals surface area contributed by atoms with E-state index in [-0.39, 0.29) is 11.9 Å². The van der Waals surface area contributed by atoms with E-state index in [4.69, 9.17) is 9.47 Å². The Labute approximate surface area is 140 Å². The molecule has 0 saturated carbocycles. The van der Waals surface area contributed by atoms with Crippen LogP contribution >= 0.6 is 0 Å². The average Bonchev–Trinajstić information content (AvgIpc) is 2.62. The first-order valence-corrected chi connectivity index (χ1v) is 8.46. The van der Waals surface area contributed by atoms with Crippen LogP contribution in [0.25, 0.3) is 0 Å². The molecule has 1 unspecified atom stereocenters. The summed E-state index contributed by atoms with van der Waals surface area (Å²) in [5.41, 5.74) is 2.83. The monoisotopic (exact) mass is 337 g/mol. The first-order chi connectivity index (χ1) is 11.6. The number of esters is 1. The predicted octanol–water partition coefficient (Wildman–Crippen LogP) is -0.279. The molecule has 1 N–H and O–H groups in total. The van der Waals surface area contributed by atoms with Crippen LogP contribution < -0.4 is 21.2 Å². The van der Waals surface area contributed by atoms with E-state index in [0.29, 0.717) is 57.4 Å². The Morgan fingerprint density at radius 1 is 1.25 bits per heavy atom. The van der Waals surface area contributed by atoms with Gasteiger partial charge >= 0.3 is 5.97 Å². The molecular weight excluding hydrogens is 314 g/mol. The Kier molecular flexibility index (Phi) is 5.15. The lowest BCUT2D eigenvalue weighted by Gasteiger charge is -2.36. The number of carbonyl (C=O) groups is 1. The minimum atomic E-state index is -0.491. The lowest BCUT2D eigenvalue weighted by Crippen LogP contribution is -2.50. The molecule has 24 heavy (non-hydrogen) atoms. The summed E-state index contributed by atoms with van der Waals surface area (Å²) in [5, 5.41) is 1.88. The van der Waals surface area contributed by atoms with E-state index in [9.17, 15) is 14.4 Å². The number of rotatable bonds is 5. The molecule has 132 valence electrons. The molecule has 0 aromatic heterocycles. The third-order valence-corrected chi connectivity index (χ3v) is 4.52. The smallest absolute Gasteiger partial charge is 0.310 e. The second-order valence-electron chi connectivity index (χ2n) is 6.13. The molecule has 8 nitrogen and oxygen atoms in total. The summed E-state index contributed by atoms with van der Waals surface area (Å²) in [6.07, 6.45) is 1.54. The highest BCUT2D eigenvalue weighted by Gasteiger charge is 2.33. The lowest BCUT2D eigenvalue weighted by atomic mass is 9.96. The van der Waals surface area contributed by atoms with Crippen molar-refractivity contribution in [2.75, 3.05) is 56.3 Å². The largest absolute Gasteiger partial charge is 0.466 e. The number of nitrogens with zero attached hydrogens (tertiary/aromatic N) is 2. The Balaban J connectivity index is 1.72. The van der Waals surface area contributed by atoms with Gasteiger partial charge in [-0.25, -0.2) is 5.01 Å². The number of morpholine rings is 1. The highest BCUT2D eigenvalue weighted by Crippen LogP contribution is 2.27. The molecule has 8 heteroatoms. The van der Waals surface area contributed by atoms with Crippen LogP contribution in [-0.4, -0.2) is 57.0 Å². The van der Waals surface area contributed by atoms with Crippen molar-refractivity contribution < 1.29 is 14.3 Å². The van der Waals surface area contributed by atoms with E-state index >= 15 is 0 Å². The van der Waals surface area contributed by atoms with Crippen molar-refractivity contribution in [2.45, 2.75) is 19.8 Å². The molecule has 0 radical (unpaired) electrons. The standard InChI is InChI=1S/C16H23N3O5/c1-2-24-16(22)11-4-3-5-18(10-11)13-12(14(20)15(13)21)17-19-6-8-23-9-7-19/h11,17H,2-10H2,1H3. The van der Waals surface area contributed by atoms with Crippen LogP contribution in [0.2, 0.25) is 0 Å². The Hall–Kier alpha value is -1.93. The van der Waals surface area contributed by atoms with Gasteiger partial charge in [0.25, 0.3) is 10.9 Å². The van der Waals surface area contributed by atoms with Crippen LogP contribution in [0.1, 0.15) is 19.8 Å². The zero-order valence-electron chi connectivity index (χ0n) is 13.9. The van der Waals surface area contributed by atoms with E-state index in [0.717, 1.165) is 12.8 Å².